The second kappa shape index (κ2) is 5.53. The van der Waals surface area contributed by atoms with Crippen LogP contribution in [0.15, 0.2) is 0 Å². The molecule has 2 saturated heterocycles. The van der Waals surface area contributed by atoms with E-state index in [4.69, 9.17) is 9.47 Å². The highest BCUT2D eigenvalue weighted by atomic mass is 32.2. The van der Waals surface area contributed by atoms with E-state index in [1.165, 1.54) is 31.7 Å². The summed E-state index contributed by atoms with van der Waals surface area (Å²) < 4.78 is 11.5. The molecule has 2 rings (SSSR count). The van der Waals surface area contributed by atoms with Crippen LogP contribution in [0.25, 0.3) is 0 Å². The molecular formula is C11H21NO2S. The van der Waals surface area contributed by atoms with Crippen LogP contribution >= 0.6 is 11.8 Å². The third-order valence-corrected chi connectivity index (χ3v) is 3.83. The lowest BCUT2D eigenvalue weighted by atomic mass is 10.0. The molecule has 0 aromatic rings. The number of likely N-dealkylation sites (tertiary alicyclic amines) is 1. The normalized spacial score (nSPS) is 26.2. The predicted molar refractivity (Wildman–Crippen MR) is 63.3 cm³/mol. The molecular weight excluding hydrogens is 210 g/mol. The molecule has 1 spiro atoms. The topological polar surface area (TPSA) is 21.7 Å². The molecule has 0 bridgehead atoms. The van der Waals surface area contributed by atoms with Crippen molar-refractivity contribution in [1.29, 1.82) is 0 Å². The van der Waals surface area contributed by atoms with E-state index in [1.807, 2.05) is 11.8 Å². The van der Waals surface area contributed by atoms with E-state index in [0.717, 1.165) is 26.2 Å². The standard InChI is InChI=1S/C11H21NO2S/c1-15-9-3-6-12-5-2-4-11(10-12)13-7-8-14-11/h2-10H2,1H3. The van der Waals surface area contributed by atoms with Gasteiger partial charge in [0, 0.05) is 6.42 Å². The SMILES string of the molecule is CSCCCN1CCCC2(C1)OCCO2. The Bertz CT molecular complexity index is 195. The van der Waals surface area contributed by atoms with E-state index in [0.29, 0.717) is 0 Å². The first kappa shape index (κ1) is 11.7. The zero-order valence-corrected chi connectivity index (χ0v) is 10.4. The van der Waals surface area contributed by atoms with Gasteiger partial charge in [-0.2, -0.15) is 11.8 Å². The average Bonchev–Trinajstić information content (AvgIpc) is 2.67. The van der Waals surface area contributed by atoms with E-state index in [9.17, 15) is 0 Å². The van der Waals surface area contributed by atoms with E-state index in [1.54, 1.807) is 0 Å². The minimum atomic E-state index is -0.238. The van der Waals surface area contributed by atoms with Crippen molar-refractivity contribution in [3.05, 3.63) is 0 Å². The smallest absolute Gasteiger partial charge is 0.181 e. The van der Waals surface area contributed by atoms with Gasteiger partial charge in [-0.3, -0.25) is 4.90 Å². The van der Waals surface area contributed by atoms with Gasteiger partial charge in [-0.25, -0.2) is 0 Å². The Morgan fingerprint density at radius 3 is 2.87 bits per heavy atom. The summed E-state index contributed by atoms with van der Waals surface area (Å²) in [6, 6.07) is 0. The van der Waals surface area contributed by atoms with Crippen molar-refractivity contribution in [3.8, 4) is 0 Å². The molecule has 0 aliphatic carbocycles. The molecule has 4 heteroatoms. The molecule has 0 radical (unpaired) electrons. The highest BCUT2D eigenvalue weighted by molar-refractivity contribution is 7.98. The number of hydrogen-bond acceptors (Lipinski definition) is 4. The van der Waals surface area contributed by atoms with Gasteiger partial charge in [0.1, 0.15) is 0 Å². The maximum absolute atomic E-state index is 5.75. The summed E-state index contributed by atoms with van der Waals surface area (Å²) in [4.78, 5) is 2.49. The van der Waals surface area contributed by atoms with Crippen molar-refractivity contribution in [2.24, 2.45) is 0 Å². The summed E-state index contributed by atoms with van der Waals surface area (Å²) in [5, 5.41) is 0. The molecule has 0 unspecified atom stereocenters. The van der Waals surface area contributed by atoms with Gasteiger partial charge < -0.3 is 9.47 Å². The Morgan fingerprint density at radius 2 is 2.13 bits per heavy atom. The molecule has 2 aliphatic rings. The quantitative estimate of drug-likeness (QED) is 0.685. The summed E-state index contributed by atoms with van der Waals surface area (Å²) in [5.41, 5.74) is 0. The Morgan fingerprint density at radius 1 is 1.33 bits per heavy atom. The Balaban J connectivity index is 1.76. The number of piperidine rings is 1. The van der Waals surface area contributed by atoms with Gasteiger partial charge in [-0.15, -0.1) is 0 Å². The fourth-order valence-corrected chi connectivity index (χ4v) is 2.84. The lowest BCUT2D eigenvalue weighted by Crippen LogP contribution is -2.49. The first-order chi connectivity index (χ1) is 7.35. The van der Waals surface area contributed by atoms with Gasteiger partial charge in [0.05, 0.1) is 19.8 Å². The number of rotatable bonds is 4. The molecule has 88 valence electrons. The molecule has 3 nitrogen and oxygen atoms in total. The fraction of sp³-hybridized carbons (Fsp3) is 1.00. The average molecular weight is 231 g/mol. The van der Waals surface area contributed by atoms with Crippen LogP contribution < -0.4 is 0 Å². The summed E-state index contributed by atoms with van der Waals surface area (Å²) in [6.45, 7) is 4.93. The molecule has 0 amide bonds. The number of nitrogens with zero attached hydrogens (tertiary/aromatic N) is 1. The van der Waals surface area contributed by atoms with Crippen molar-refractivity contribution in [2.75, 3.05) is 44.9 Å². The van der Waals surface area contributed by atoms with Crippen LogP contribution in [0.4, 0.5) is 0 Å². The fourth-order valence-electron chi connectivity index (χ4n) is 2.43. The van der Waals surface area contributed by atoms with Crippen LogP contribution in [0.3, 0.4) is 0 Å². The molecule has 0 saturated carbocycles. The van der Waals surface area contributed by atoms with Gasteiger partial charge in [-0.05, 0) is 37.9 Å². The number of hydrogen-bond donors (Lipinski definition) is 0. The van der Waals surface area contributed by atoms with E-state index in [-0.39, 0.29) is 5.79 Å². The first-order valence-corrected chi connectivity index (χ1v) is 7.23. The summed E-state index contributed by atoms with van der Waals surface area (Å²) in [5.74, 6) is 1.02. The molecule has 0 N–H and O–H groups in total. The van der Waals surface area contributed by atoms with Gasteiger partial charge in [0.2, 0.25) is 0 Å². The van der Waals surface area contributed by atoms with Gasteiger partial charge in [0.25, 0.3) is 0 Å². The highest BCUT2D eigenvalue weighted by Gasteiger charge is 2.40. The maximum Gasteiger partial charge on any atom is 0.181 e. The van der Waals surface area contributed by atoms with Crippen LogP contribution in [0.1, 0.15) is 19.3 Å². The molecule has 0 aromatic carbocycles. The molecule has 2 fully saturated rings. The number of ether oxygens (including phenoxy) is 2. The highest BCUT2D eigenvalue weighted by Crippen LogP contribution is 2.29. The zero-order valence-electron chi connectivity index (χ0n) is 9.54. The Hall–Kier alpha value is 0.230. The number of thioether (sulfide) groups is 1. The minimum absolute atomic E-state index is 0.238. The molecule has 0 atom stereocenters. The summed E-state index contributed by atoms with van der Waals surface area (Å²) >= 11 is 1.92. The monoisotopic (exact) mass is 231 g/mol. The van der Waals surface area contributed by atoms with Crippen molar-refractivity contribution in [3.63, 3.8) is 0 Å². The van der Waals surface area contributed by atoms with Crippen LogP contribution in [-0.2, 0) is 9.47 Å². The van der Waals surface area contributed by atoms with Crippen LogP contribution in [0, 0.1) is 0 Å². The lowest BCUT2D eigenvalue weighted by molar-refractivity contribution is -0.189. The second-order valence-corrected chi connectivity index (χ2v) is 5.32. The predicted octanol–water partition coefficient (Wildman–Crippen LogP) is 1.58. The molecule has 2 heterocycles. The zero-order chi connectivity index (χ0) is 10.6. The lowest BCUT2D eigenvalue weighted by Gasteiger charge is -2.38. The van der Waals surface area contributed by atoms with Gasteiger partial charge in [0.15, 0.2) is 5.79 Å². The maximum atomic E-state index is 5.75. The van der Waals surface area contributed by atoms with Gasteiger partial charge in [-0.1, -0.05) is 0 Å². The van der Waals surface area contributed by atoms with Gasteiger partial charge >= 0.3 is 0 Å². The largest absolute Gasteiger partial charge is 0.346 e. The van der Waals surface area contributed by atoms with Crippen molar-refractivity contribution in [2.45, 2.75) is 25.0 Å². The van der Waals surface area contributed by atoms with E-state index < -0.39 is 0 Å². The Kier molecular flexibility index (Phi) is 4.31. The molecule has 15 heavy (non-hydrogen) atoms. The van der Waals surface area contributed by atoms with Crippen LogP contribution in [0.2, 0.25) is 0 Å². The summed E-state index contributed by atoms with van der Waals surface area (Å²) in [7, 11) is 0. The molecule has 2 aliphatic heterocycles. The van der Waals surface area contributed by atoms with E-state index >= 15 is 0 Å². The second-order valence-electron chi connectivity index (χ2n) is 4.33. The van der Waals surface area contributed by atoms with E-state index in [2.05, 4.69) is 11.2 Å². The summed E-state index contributed by atoms with van der Waals surface area (Å²) in [6.07, 6.45) is 5.73. The third kappa shape index (κ3) is 3.09. The Labute approximate surface area is 96.5 Å². The minimum Gasteiger partial charge on any atom is -0.346 e. The van der Waals surface area contributed by atoms with Crippen molar-refractivity contribution >= 4 is 11.8 Å². The molecule has 0 aromatic heterocycles. The third-order valence-electron chi connectivity index (χ3n) is 3.13. The first-order valence-electron chi connectivity index (χ1n) is 5.84. The van der Waals surface area contributed by atoms with Crippen LogP contribution in [0.5, 0.6) is 0 Å². The van der Waals surface area contributed by atoms with Crippen molar-refractivity contribution in [1.82, 2.24) is 4.90 Å². The van der Waals surface area contributed by atoms with Crippen molar-refractivity contribution < 1.29 is 9.47 Å². The van der Waals surface area contributed by atoms with Crippen LogP contribution in [-0.4, -0.2) is 55.5 Å².